The first-order valence-electron chi connectivity index (χ1n) is 6.61. The average Bonchev–Trinajstić information content (AvgIpc) is 2.48. The summed E-state index contributed by atoms with van der Waals surface area (Å²) in [6.45, 7) is 4.08. The van der Waals surface area contributed by atoms with Gasteiger partial charge in [-0.2, -0.15) is 0 Å². The maximum atomic E-state index is 12.4. The standard InChI is InChI=1S/C14H19BrN2O3/c1-20-12-4-2-3-11(13(12)18)14(19)17-9-7-16(6-5-15)8-10-17/h2-4,18H,5-10H2,1H3. The summed E-state index contributed by atoms with van der Waals surface area (Å²) in [7, 11) is 1.47. The maximum Gasteiger partial charge on any atom is 0.257 e. The van der Waals surface area contributed by atoms with Gasteiger partial charge in [0.15, 0.2) is 11.5 Å². The highest BCUT2D eigenvalue weighted by Crippen LogP contribution is 2.30. The molecular weight excluding hydrogens is 324 g/mol. The molecule has 20 heavy (non-hydrogen) atoms. The molecule has 0 unspecified atom stereocenters. The maximum absolute atomic E-state index is 12.4. The van der Waals surface area contributed by atoms with Crippen LogP contribution in [0.5, 0.6) is 11.5 Å². The molecule has 6 heteroatoms. The predicted molar refractivity (Wildman–Crippen MR) is 80.8 cm³/mol. The highest BCUT2D eigenvalue weighted by Gasteiger charge is 2.24. The molecule has 0 spiro atoms. The molecule has 1 N–H and O–H groups in total. The Balaban J connectivity index is 2.06. The molecule has 2 rings (SSSR count). The molecule has 5 nitrogen and oxygen atoms in total. The number of carbonyl (C=O) groups excluding carboxylic acids is 1. The number of hydrogen-bond donors (Lipinski definition) is 1. The van der Waals surface area contributed by atoms with Crippen LogP contribution in [0.25, 0.3) is 0 Å². The van der Waals surface area contributed by atoms with Gasteiger partial charge in [-0.1, -0.05) is 22.0 Å². The van der Waals surface area contributed by atoms with Crippen LogP contribution in [0.4, 0.5) is 0 Å². The summed E-state index contributed by atoms with van der Waals surface area (Å²) in [5, 5.41) is 11.0. The van der Waals surface area contributed by atoms with Gasteiger partial charge in [0, 0.05) is 38.1 Å². The molecule has 1 fully saturated rings. The van der Waals surface area contributed by atoms with E-state index in [4.69, 9.17) is 4.74 Å². The number of alkyl halides is 1. The van der Waals surface area contributed by atoms with Gasteiger partial charge in [0.05, 0.1) is 12.7 Å². The van der Waals surface area contributed by atoms with Crippen LogP contribution in [0.3, 0.4) is 0 Å². The average molecular weight is 343 g/mol. The number of piperazine rings is 1. The molecule has 0 radical (unpaired) electrons. The molecule has 0 aliphatic carbocycles. The molecule has 1 aliphatic rings. The van der Waals surface area contributed by atoms with Crippen molar-refractivity contribution in [1.29, 1.82) is 0 Å². The van der Waals surface area contributed by atoms with Crippen molar-refractivity contribution in [3.8, 4) is 11.5 Å². The Morgan fingerprint density at radius 2 is 2.05 bits per heavy atom. The summed E-state index contributed by atoms with van der Waals surface area (Å²) in [6.07, 6.45) is 0. The normalized spacial score (nSPS) is 16.2. The molecule has 0 saturated carbocycles. The molecule has 0 atom stereocenters. The van der Waals surface area contributed by atoms with E-state index in [2.05, 4.69) is 20.8 Å². The zero-order chi connectivity index (χ0) is 14.5. The number of ether oxygens (including phenoxy) is 1. The smallest absolute Gasteiger partial charge is 0.257 e. The zero-order valence-corrected chi connectivity index (χ0v) is 13.1. The van der Waals surface area contributed by atoms with Crippen LogP contribution >= 0.6 is 15.9 Å². The SMILES string of the molecule is COc1cccc(C(=O)N2CCN(CCBr)CC2)c1O. The molecule has 1 aliphatic heterocycles. The number of para-hydroxylation sites is 1. The van der Waals surface area contributed by atoms with Crippen LogP contribution in [-0.2, 0) is 0 Å². The Morgan fingerprint density at radius 1 is 1.35 bits per heavy atom. The minimum atomic E-state index is -0.139. The number of aromatic hydroxyl groups is 1. The van der Waals surface area contributed by atoms with E-state index in [9.17, 15) is 9.90 Å². The lowest BCUT2D eigenvalue weighted by Gasteiger charge is -2.34. The van der Waals surface area contributed by atoms with Gasteiger partial charge in [0.2, 0.25) is 0 Å². The number of rotatable bonds is 4. The van der Waals surface area contributed by atoms with Crippen molar-refractivity contribution in [2.24, 2.45) is 0 Å². The topological polar surface area (TPSA) is 53.0 Å². The fourth-order valence-corrected chi connectivity index (χ4v) is 2.83. The molecule has 0 bridgehead atoms. The second-order valence-electron chi connectivity index (χ2n) is 4.68. The number of phenols is 1. The highest BCUT2D eigenvalue weighted by molar-refractivity contribution is 9.09. The van der Waals surface area contributed by atoms with E-state index >= 15 is 0 Å². The molecule has 1 heterocycles. The second kappa shape index (κ2) is 6.95. The first-order valence-corrected chi connectivity index (χ1v) is 7.73. The lowest BCUT2D eigenvalue weighted by Crippen LogP contribution is -2.49. The van der Waals surface area contributed by atoms with Crippen LogP contribution in [0.2, 0.25) is 0 Å². The van der Waals surface area contributed by atoms with E-state index in [0.29, 0.717) is 24.4 Å². The van der Waals surface area contributed by atoms with Crippen LogP contribution in [-0.4, -0.2) is 66.0 Å². The quantitative estimate of drug-likeness (QED) is 0.843. The first kappa shape index (κ1) is 15.1. The van der Waals surface area contributed by atoms with Gasteiger partial charge in [-0.05, 0) is 12.1 Å². The van der Waals surface area contributed by atoms with Gasteiger partial charge in [0.25, 0.3) is 5.91 Å². The Bertz CT molecular complexity index is 473. The number of methoxy groups -OCH3 is 1. The number of hydrogen-bond acceptors (Lipinski definition) is 4. The Labute approximate surface area is 127 Å². The van der Waals surface area contributed by atoms with Crippen molar-refractivity contribution in [1.82, 2.24) is 9.80 Å². The number of amides is 1. The number of phenolic OH excluding ortho intramolecular Hbond substituents is 1. The minimum Gasteiger partial charge on any atom is -0.504 e. The lowest BCUT2D eigenvalue weighted by atomic mass is 10.1. The largest absolute Gasteiger partial charge is 0.504 e. The minimum absolute atomic E-state index is 0.0807. The van der Waals surface area contributed by atoms with E-state index in [-0.39, 0.29) is 11.7 Å². The summed E-state index contributed by atoms with van der Waals surface area (Å²) in [5.74, 6) is 0.108. The Morgan fingerprint density at radius 3 is 2.65 bits per heavy atom. The molecule has 1 saturated heterocycles. The van der Waals surface area contributed by atoms with Gasteiger partial charge in [0.1, 0.15) is 0 Å². The van der Waals surface area contributed by atoms with Gasteiger partial charge in [-0.15, -0.1) is 0 Å². The van der Waals surface area contributed by atoms with Crippen molar-refractivity contribution in [2.45, 2.75) is 0 Å². The fourth-order valence-electron chi connectivity index (χ4n) is 2.32. The number of nitrogens with zero attached hydrogens (tertiary/aromatic N) is 2. The number of carbonyl (C=O) groups is 1. The monoisotopic (exact) mass is 342 g/mol. The van der Waals surface area contributed by atoms with E-state index in [1.165, 1.54) is 7.11 Å². The van der Waals surface area contributed by atoms with E-state index < -0.39 is 0 Å². The van der Waals surface area contributed by atoms with Crippen molar-refractivity contribution in [3.05, 3.63) is 23.8 Å². The number of halogens is 1. The van der Waals surface area contributed by atoms with Crippen molar-refractivity contribution >= 4 is 21.8 Å². The summed E-state index contributed by atoms with van der Waals surface area (Å²) in [4.78, 5) is 16.5. The van der Waals surface area contributed by atoms with E-state index in [0.717, 1.165) is 25.0 Å². The van der Waals surface area contributed by atoms with Crippen LogP contribution in [0, 0.1) is 0 Å². The third-order valence-corrected chi connectivity index (χ3v) is 3.86. The van der Waals surface area contributed by atoms with E-state index in [1.54, 1.807) is 23.1 Å². The van der Waals surface area contributed by atoms with Gasteiger partial charge in [-0.3, -0.25) is 9.69 Å². The van der Waals surface area contributed by atoms with Crippen molar-refractivity contribution in [3.63, 3.8) is 0 Å². The van der Waals surface area contributed by atoms with E-state index in [1.807, 2.05) is 0 Å². The third kappa shape index (κ3) is 3.24. The fraction of sp³-hybridized carbons (Fsp3) is 0.500. The summed E-state index contributed by atoms with van der Waals surface area (Å²) in [5.41, 5.74) is 0.304. The lowest BCUT2D eigenvalue weighted by molar-refractivity contribution is 0.0641. The summed E-state index contributed by atoms with van der Waals surface area (Å²) < 4.78 is 5.04. The Kier molecular flexibility index (Phi) is 5.25. The first-order chi connectivity index (χ1) is 9.67. The van der Waals surface area contributed by atoms with Crippen molar-refractivity contribution < 1.29 is 14.6 Å². The van der Waals surface area contributed by atoms with Gasteiger partial charge < -0.3 is 14.7 Å². The third-order valence-electron chi connectivity index (χ3n) is 3.51. The van der Waals surface area contributed by atoms with Crippen molar-refractivity contribution in [2.75, 3.05) is 45.2 Å². The highest BCUT2D eigenvalue weighted by atomic mass is 79.9. The van der Waals surface area contributed by atoms with Gasteiger partial charge >= 0.3 is 0 Å². The molecule has 1 aromatic carbocycles. The zero-order valence-electron chi connectivity index (χ0n) is 11.5. The summed E-state index contributed by atoms with van der Waals surface area (Å²) in [6, 6.07) is 4.98. The van der Waals surface area contributed by atoms with Gasteiger partial charge in [-0.25, -0.2) is 0 Å². The molecule has 110 valence electrons. The molecule has 1 aromatic rings. The van der Waals surface area contributed by atoms with Crippen LogP contribution in [0.1, 0.15) is 10.4 Å². The van der Waals surface area contributed by atoms with Crippen LogP contribution < -0.4 is 4.74 Å². The van der Waals surface area contributed by atoms with Crippen LogP contribution in [0.15, 0.2) is 18.2 Å². The number of benzene rings is 1. The predicted octanol–water partition coefficient (Wildman–Crippen LogP) is 1.55. The summed E-state index contributed by atoms with van der Waals surface area (Å²) >= 11 is 3.42. The molecule has 1 amide bonds. The second-order valence-corrected chi connectivity index (χ2v) is 5.47. The molecule has 0 aromatic heterocycles. The molecular formula is C14H19BrN2O3. The Hall–Kier alpha value is -1.27.